The fourth-order valence-corrected chi connectivity index (χ4v) is 2.17. The Morgan fingerprint density at radius 2 is 1.90 bits per heavy atom. The van der Waals surface area contributed by atoms with Gasteiger partial charge in [0.2, 0.25) is 0 Å². The second kappa shape index (κ2) is 7.70. The zero-order valence-corrected chi connectivity index (χ0v) is 12.8. The molecule has 0 aromatic heterocycles. The quantitative estimate of drug-likeness (QED) is 0.790. The lowest BCUT2D eigenvalue weighted by atomic mass is 10.1. The molecule has 2 aromatic rings. The number of hydrogen-bond acceptors (Lipinski definition) is 1. The first kappa shape index (κ1) is 15.4. The van der Waals surface area contributed by atoms with Gasteiger partial charge in [-0.15, -0.1) is 0 Å². The maximum absolute atomic E-state index is 11.8. The smallest absolute Gasteiger partial charge is 0.319 e. The molecule has 0 fully saturated rings. The average Bonchev–Trinajstić information content (AvgIpc) is 2.49. The molecule has 110 valence electrons. The average molecular weight is 303 g/mol. The minimum absolute atomic E-state index is 0.206. The Morgan fingerprint density at radius 3 is 2.62 bits per heavy atom. The van der Waals surface area contributed by atoms with Gasteiger partial charge in [-0.2, -0.15) is 0 Å². The third kappa shape index (κ3) is 5.12. The van der Waals surface area contributed by atoms with Gasteiger partial charge in [0, 0.05) is 17.3 Å². The van der Waals surface area contributed by atoms with E-state index >= 15 is 0 Å². The molecule has 3 nitrogen and oxygen atoms in total. The molecular formula is C17H19ClN2O. The number of halogens is 1. The Bertz CT molecular complexity index is 599. The molecule has 0 unspecified atom stereocenters. The molecule has 0 aliphatic carbocycles. The van der Waals surface area contributed by atoms with E-state index < -0.39 is 0 Å². The maximum atomic E-state index is 11.8. The van der Waals surface area contributed by atoms with Crippen molar-refractivity contribution < 1.29 is 4.79 Å². The van der Waals surface area contributed by atoms with Crippen LogP contribution in [0.1, 0.15) is 17.5 Å². The van der Waals surface area contributed by atoms with E-state index in [-0.39, 0.29) is 6.03 Å². The van der Waals surface area contributed by atoms with E-state index in [4.69, 9.17) is 11.6 Å². The van der Waals surface area contributed by atoms with Crippen LogP contribution in [0.2, 0.25) is 5.02 Å². The Hall–Kier alpha value is -2.00. The van der Waals surface area contributed by atoms with Crippen LogP contribution in [0.25, 0.3) is 0 Å². The Kier molecular flexibility index (Phi) is 5.64. The summed E-state index contributed by atoms with van der Waals surface area (Å²) in [4.78, 5) is 11.8. The number of aryl methyl sites for hydroxylation is 2. The molecule has 0 heterocycles. The summed E-state index contributed by atoms with van der Waals surface area (Å²) in [5.74, 6) is 0. The molecule has 2 amide bonds. The van der Waals surface area contributed by atoms with Gasteiger partial charge in [0.25, 0.3) is 0 Å². The third-order valence-electron chi connectivity index (χ3n) is 3.20. The fourth-order valence-electron chi connectivity index (χ4n) is 1.99. The summed E-state index contributed by atoms with van der Waals surface area (Å²) in [6.45, 7) is 2.57. The number of carbonyl (C=O) groups excluding carboxylic acids is 1. The van der Waals surface area contributed by atoms with E-state index in [1.54, 1.807) is 6.07 Å². The number of benzene rings is 2. The predicted molar refractivity (Wildman–Crippen MR) is 88.0 cm³/mol. The molecule has 0 atom stereocenters. The van der Waals surface area contributed by atoms with Crippen LogP contribution in [0.3, 0.4) is 0 Å². The lowest BCUT2D eigenvalue weighted by molar-refractivity contribution is 0.252. The van der Waals surface area contributed by atoms with Crippen LogP contribution in [0, 0.1) is 6.92 Å². The van der Waals surface area contributed by atoms with E-state index in [0.717, 1.165) is 18.4 Å². The summed E-state index contributed by atoms with van der Waals surface area (Å²) in [5, 5.41) is 6.27. The number of carbonyl (C=O) groups is 1. The first-order valence-electron chi connectivity index (χ1n) is 7.00. The summed E-state index contributed by atoms with van der Waals surface area (Å²) in [6, 6.07) is 15.5. The van der Waals surface area contributed by atoms with Crippen LogP contribution < -0.4 is 10.6 Å². The van der Waals surface area contributed by atoms with Crippen molar-refractivity contribution in [1.82, 2.24) is 5.32 Å². The number of rotatable bonds is 5. The van der Waals surface area contributed by atoms with E-state index in [1.165, 1.54) is 5.56 Å². The number of nitrogens with one attached hydrogen (secondary N) is 2. The van der Waals surface area contributed by atoms with Crippen LogP contribution in [0.15, 0.2) is 48.5 Å². The van der Waals surface area contributed by atoms with Crippen LogP contribution in [-0.2, 0) is 6.42 Å². The molecule has 4 heteroatoms. The van der Waals surface area contributed by atoms with Gasteiger partial charge in [-0.05, 0) is 43.0 Å². The Balaban J connectivity index is 1.71. The maximum Gasteiger partial charge on any atom is 0.319 e. The molecule has 0 saturated carbocycles. The zero-order valence-electron chi connectivity index (χ0n) is 12.0. The van der Waals surface area contributed by atoms with Gasteiger partial charge in [0.1, 0.15) is 0 Å². The molecule has 0 radical (unpaired) electrons. The highest BCUT2D eigenvalue weighted by atomic mass is 35.5. The van der Waals surface area contributed by atoms with Gasteiger partial charge in [0.05, 0.1) is 0 Å². The van der Waals surface area contributed by atoms with Crippen molar-refractivity contribution in [2.75, 3.05) is 11.9 Å². The zero-order chi connectivity index (χ0) is 15.1. The van der Waals surface area contributed by atoms with Crippen molar-refractivity contribution >= 4 is 23.3 Å². The molecule has 0 spiro atoms. The van der Waals surface area contributed by atoms with Crippen molar-refractivity contribution in [3.8, 4) is 0 Å². The van der Waals surface area contributed by atoms with E-state index in [9.17, 15) is 4.79 Å². The van der Waals surface area contributed by atoms with Gasteiger partial charge in [-0.3, -0.25) is 0 Å². The molecule has 0 saturated heterocycles. The van der Waals surface area contributed by atoms with Gasteiger partial charge < -0.3 is 10.6 Å². The molecule has 0 bridgehead atoms. The number of amides is 2. The van der Waals surface area contributed by atoms with Crippen LogP contribution >= 0.6 is 11.6 Å². The van der Waals surface area contributed by atoms with E-state index in [2.05, 4.69) is 22.8 Å². The molecule has 0 aliphatic heterocycles. The molecule has 2 rings (SSSR count). The van der Waals surface area contributed by atoms with Crippen molar-refractivity contribution in [2.24, 2.45) is 0 Å². The highest BCUT2D eigenvalue weighted by molar-refractivity contribution is 6.31. The van der Waals surface area contributed by atoms with Gasteiger partial charge >= 0.3 is 6.03 Å². The summed E-state index contributed by atoms with van der Waals surface area (Å²) in [5.41, 5.74) is 2.97. The SMILES string of the molecule is Cc1ccc(NC(=O)NCCCc2ccccc2)cc1Cl. The largest absolute Gasteiger partial charge is 0.338 e. The topological polar surface area (TPSA) is 41.1 Å². The predicted octanol–water partition coefficient (Wildman–Crippen LogP) is 4.40. The van der Waals surface area contributed by atoms with Crippen LogP contribution in [0.4, 0.5) is 10.5 Å². The molecule has 21 heavy (non-hydrogen) atoms. The summed E-state index contributed by atoms with van der Waals surface area (Å²) >= 11 is 6.02. The van der Waals surface area contributed by atoms with Crippen molar-refractivity contribution in [2.45, 2.75) is 19.8 Å². The molecule has 2 N–H and O–H groups in total. The van der Waals surface area contributed by atoms with Crippen molar-refractivity contribution in [3.05, 3.63) is 64.7 Å². The second-order valence-corrected chi connectivity index (χ2v) is 5.34. The number of hydrogen-bond donors (Lipinski definition) is 2. The number of urea groups is 1. The van der Waals surface area contributed by atoms with Gasteiger partial charge in [-0.25, -0.2) is 4.79 Å². The van der Waals surface area contributed by atoms with Crippen LogP contribution in [0.5, 0.6) is 0 Å². The molecule has 0 aliphatic rings. The summed E-state index contributed by atoms with van der Waals surface area (Å²) < 4.78 is 0. The van der Waals surface area contributed by atoms with E-state index in [1.807, 2.05) is 37.3 Å². The first-order chi connectivity index (χ1) is 10.1. The second-order valence-electron chi connectivity index (χ2n) is 4.93. The summed E-state index contributed by atoms with van der Waals surface area (Å²) in [7, 11) is 0. The molecule has 2 aromatic carbocycles. The normalized spacial score (nSPS) is 10.2. The lowest BCUT2D eigenvalue weighted by Crippen LogP contribution is -2.29. The van der Waals surface area contributed by atoms with Crippen molar-refractivity contribution in [3.63, 3.8) is 0 Å². The third-order valence-corrected chi connectivity index (χ3v) is 3.61. The minimum atomic E-state index is -0.206. The van der Waals surface area contributed by atoms with E-state index in [0.29, 0.717) is 17.3 Å². The summed E-state index contributed by atoms with van der Waals surface area (Å²) in [6.07, 6.45) is 1.86. The Morgan fingerprint density at radius 1 is 1.14 bits per heavy atom. The Labute approximate surface area is 130 Å². The van der Waals surface area contributed by atoms with Gasteiger partial charge in [-0.1, -0.05) is 48.0 Å². The molecular weight excluding hydrogens is 284 g/mol. The highest BCUT2D eigenvalue weighted by Gasteiger charge is 2.03. The first-order valence-corrected chi connectivity index (χ1v) is 7.38. The fraction of sp³-hybridized carbons (Fsp3) is 0.235. The standard InChI is InChI=1S/C17H19ClN2O/c1-13-9-10-15(12-16(13)18)20-17(21)19-11-5-8-14-6-3-2-4-7-14/h2-4,6-7,9-10,12H,5,8,11H2,1H3,(H2,19,20,21). The van der Waals surface area contributed by atoms with Gasteiger partial charge in [0.15, 0.2) is 0 Å². The lowest BCUT2D eigenvalue weighted by Gasteiger charge is -2.08. The highest BCUT2D eigenvalue weighted by Crippen LogP contribution is 2.19. The number of anilines is 1. The minimum Gasteiger partial charge on any atom is -0.338 e. The van der Waals surface area contributed by atoms with Crippen LogP contribution in [-0.4, -0.2) is 12.6 Å². The monoisotopic (exact) mass is 302 g/mol. The van der Waals surface area contributed by atoms with Crippen molar-refractivity contribution in [1.29, 1.82) is 0 Å².